The van der Waals surface area contributed by atoms with Crippen LogP contribution in [-0.4, -0.2) is 41.6 Å². The van der Waals surface area contributed by atoms with Crippen LogP contribution in [0.4, 0.5) is 0 Å². The number of carbonyl (C=O) groups excluding carboxylic acids is 4. The number of Topliss-reactive ketones (excluding diaryl/α,β-unsaturated/α-hetero) is 1. The number of rotatable bonds is 6. The van der Waals surface area contributed by atoms with Gasteiger partial charge in [-0.2, -0.15) is 0 Å². The Morgan fingerprint density at radius 3 is 2.17 bits per heavy atom. The zero-order chi connectivity index (χ0) is 20.3. The maximum atomic E-state index is 12.9. The van der Waals surface area contributed by atoms with Crippen molar-refractivity contribution >= 4 is 23.6 Å². The summed E-state index contributed by atoms with van der Waals surface area (Å²) in [5.41, 5.74) is 1.53. The van der Waals surface area contributed by atoms with Gasteiger partial charge < -0.3 is 4.74 Å². The number of allylic oxidation sites excluding steroid dienone is 2. The maximum Gasteiger partial charge on any atom is 0.308 e. The Balaban J connectivity index is 1.15. The first-order chi connectivity index (χ1) is 14.0. The lowest BCUT2D eigenvalue weighted by Gasteiger charge is -2.37. The first-order valence-corrected chi connectivity index (χ1v) is 10.2. The predicted molar refractivity (Wildman–Crippen MR) is 103 cm³/mol. The summed E-state index contributed by atoms with van der Waals surface area (Å²) in [5.74, 6) is -0.181. The van der Waals surface area contributed by atoms with Crippen molar-refractivity contribution in [1.29, 1.82) is 0 Å². The number of esters is 1. The van der Waals surface area contributed by atoms with Crippen LogP contribution in [0.25, 0.3) is 0 Å². The summed E-state index contributed by atoms with van der Waals surface area (Å²) < 4.78 is 5.07. The fraction of sp³-hybridized carbons (Fsp3) is 0.478. The molecule has 6 rings (SSSR count). The van der Waals surface area contributed by atoms with Crippen molar-refractivity contribution in [2.24, 2.45) is 35.5 Å². The van der Waals surface area contributed by atoms with Gasteiger partial charge in [-0.15, -0.1) is 0 Å². The minimum absolute atomic E-state index is 0.0248. The van der Waals surface area contributed by atoms with E-state index in [4.69, 9.17) is 4.74 Å². The first-order valence-electron chi connectivity index (χ1n) is 10.2. The number of ketones is 1. The van der Waals surface area contributed by atoms with E-state index in [-0.39, 0.29) is 60.8 Å². The van der Waals surface area contributed by atoms with Crippen LogP contribution in [0.5, 0.6) is 0 Å². The Hall–Kier alpha value is -2.76. The molecule has 1 aromatic rings. The minimum atomic E-state index is -0.579. The molecule has 5 aliphatic rings. The number of benzene rings is 1. The van der Waals surface area contributed by atoms with Gasteiger partial charge in [0.05, 0.1) is 18.3 Å². The van der Waals surface area contributed by atoms with E-state index >= 15 is 0 Å². The molecule has 1 heterocycles. The van der Waals surface area contributed by atoms with Crippen LogP contribution in [-0.2, 0) is 19.1 Å². The van der Waals surface area contributed by atoms with Gasteiger partial charge >= 0.3 is 5.97 Å². The Bertz CT molecular complexity index is 897. The monoisotopic (exact) mass is 393 g/mol. The molecule has 6 nitrogen and oxygen atoms in total. The molecule has 1 aliphatic heterocycles. The van der Waals surface area contributed by atoms with E-state index in [2.05, 4.69) is 12.2 Å². The fourth-order valence-electron chi connectivity index (χ4n) is 5.48. The molecule has 6 heteroatoms. The van der Waals surface area contributed by atoms with Gasteiger partial charge in [-0.1, -0.05) is 42.0 Å². The number of hydrogen-bond donors (Lipinski definition) is 0. The topological polar surface area (TPSA) is 80.8 Å². The van der Waals surface area contributed by atoms with Crippen molar-refractivity contribution in [1.82, 2.24) is 4.90 Å². The molecule has 0 radical (unpaired) electrons. The van der Waals surface area contributed by atoms with Crippen molar-refractivity contribution < 1.29 is 23.9 Å². The largest absolute Gasteiger partial charge is 0.457 e. The number of imide groups is 1. The van der Waals surface area contributed by atoms with Crippen LogP contribution in [0.1, 0.15) is 28.8 Å². The van der Waals surface area contributed by atoms with Crippen molar-refractivity contribution in [3.8, 4) is 0 Å². The zero-order valence-electron chi connectivity index (χ0n) is 16.2. The predicted octanol–water partition coefficient (Wildman–Crippen LogP) is 2.16. The first kappa shape index (κ1) is 18.3. The third-order valence-electron chi connectivity index (χ3n) is 7.03. The number of ether oxygens (including phenoxy) is 1. The van der Waals surface area contributed by atoms with E-state index in [1.54, 1.807) is 12.1 Å². The summed E-state index contributed by atoms with van der Waals surface area (Å²) in [7, 11) is 0. The molecule has 0 aromatic heterocycles. The number of aryl methyl sites for hydroxylation is 1. The molecule has 4 aliphatic carbocycles. The highest BCUT2D eigenvalue weighted by Crippen LogP contribution is 2.65. The van der Waals surface area contributed by atoms with Gasteiger partial charge in [0, 0.05) is 12.1 Å². The summed E-state index contributed by atoms with van der Waals surface area (Å²) in [6.07, 6.45) is 5.28. The molecule has 0 N–H and O–H groups in total. The number of likely N-dealkylation sites (tertiary alicyclic amines) is 1. The fourth-order valence-corrected chi connectivity index (χ4v) is 5.48. The molecule has 150 valence electrons. The molecule has 2 saturated carbocycles. The highest BCUT2D eigenvalue weighted by atomic mass is 16.5. The molecule has 1 aromatic carbocycles. The lowest BCUT2D eigenvalue weighted by molar-refractivity contribution is -0.145. The Kier molecular flexibility index (Phi) is 4.19. The van der Waals surface area contributed by atoms with Gasteiger partial charge in [0.1, 0.15) is 0 Å². The molecule has 2 amide bonds. The normalized spacial score (nSPS) is 33.5. The molecular formula is C23H23NO5. The lowest BCUT2D eigenvalue weighted by Crippen LogP contribution is -2.40. The summed E-state index contributed by atoms with van der Waals surface area (Å²) in [6.45, 7) is 1.61. The second-order valence-electron chi connectivity index (χ2n) is 8.68. The summed E-state index contributed by atoms with van der Waals surface area (Å²) in [4.78, 5) is 51.2. The second kappa shape index (κ2) is 6.65. The van der Waals surface area contributed by atoms with Crippen LogP contribution in [0, 0.1) is 42.4 Å². The molecular weight excluding hydrogens is 370 g/mol. The molecule has 29 heavy (non-hydrogen) atoms. The minimum Gasteiger partial charge on any atom is -0.457 e. The van der Waals surface area contributed by atoms with E-state index < -0.39 is 5.97 Å². The highest BCUT2D eigenvalue weighted by molar-refractivity contribution is 6.06. The zero-order valence-corrected chi connectivity index (χ0v) is 16.2. The van der Waals surface area contributed by atoms with Gasteiger partial charge in [0.2, 0.25) is 11.8 Å². The van der Waals surface area contributed by atoms with Gasteiger partial charge in [0.25, 0.3) is 0 Å². The Morgan fingerprint density at radius 2 is 1.59 bits per heavy atom. The second-order valence-corrected chi connectivity index (χ2v) is 8.68. The number of nitrogens with zero attached hydrogens (tertiary/aromatic N) is 1. The average molecular weight is 393 g/mol. The summed E-state index contributed by atoms with van der Waals surface area (Å²) in [6, 6.07) is 7.04. The maximum absolute atomic E-state index is 12.9. The number of amides is 2. The molecule has 1 saturated heterocycles. The average Bonchev–Trinajstić information content (AvgIpc) is 3.50. The van der Waals surface area contributed by atoms with Gasteiger partial charge in [0.15, 0.2) is 12.4 Å². The summed E-state index contributed by atoms with van der Waals surface area (Å²) in [5, 5.41) is 0. The molecule has 0 unspecified atom stereocenters. The molecule has 2 bridgehead atoms. The van der Waals surface area contributed by atoms with Gasteiger partial charge in [-0.25, -0.2) is 0 Å². The Morgan fingerprint density at radius 1 is 1.00 bits per heavy atom. The van der Waals surface area contributed by atoms with Crippen LogP contribution >= 0.6 is 0 Å². The van der Waals surface area contributed by atoms with Crippen LogP contribution in [0.15, 0.2) is 36.4 Å². The van der Waals surface area contributed by atoms with E-state index in [0.717, 1.165) is 12.0 Å². The number of hydrogen-bond acceptors (Lipinski definition) is 5. The van der Waals surface area contributed by atoms with Crippen LogP contribution in [0.3, 0.4) is 0 Å². The molecule has 6 atom stereocenters. The van der Waals surface area contributed by atoms with Crippen molar-refractivity contribution in [2.75, 3.05) is 13.2 Å². The SMILES string of the molecule is Cc1ccc(C(=O)COC(=O)CCN2C(=O)[C@@H]3[C@H]4C=C[C@H]([C@H]5C[C@@H]45)[C@@H]3C2=O)cc1. The lowest BCUT2D eigenvalue weighted by atomic mass is 9.63. The number of carbonyl (C=O) groups is 4. The smallest absolute Gasteiger partial charge is 0.308 e. The third-order valence-corrected chi connectivity index (χ3v) is 7.03. The van der Waals surface area contributed by atoms with Crippen molar-refractivity contribution in [3.63, 3.8) is 0 Å². The van der Waals surface area contributed by atoms with E-state index in [1.807, 2.05) is 19.1 Å². The standard InChI is InChI=1S/C23H23NO5/c1-12-2-4-13(5-3-12)18(25)11-29-19(26)8-9-24-22(27)20-14-6-7-15(17-10-16(14)17)21(20)23(24)28/h2-7,14-17,20-21H,8-11H2,1H3/t14-,15+,16-,17+,20+,21-. The molecule has 0 spiro atoms. The van der Waals surface area contributed by atoms with Gasteiger partial charge in [-0.05, 0) is 37.0 Å². The third kappa shape index (κ3) is 2.93. The van der Waals surface area contributed by atoms with Gasteiger partial charge in [-0.3, -0.25) is 24.1 Å². The van der Waals surface area contributed by atoms with Crippen LogP contribution in [0.2, 0.25) is 0 Å². The van der Waals surface area contributed by atoms with E-state index in [9.17, 15) is 19.2 Å². The van der Waals surface area contributed by atoms with E-state index in [1.165, 1.54) is 4.90 Å². The van der Waals surface area contributed by atoms with Crippen molar-refractivity contribution in [3.05, 3.63) is 47.5 Å². The molecule has 3 fully saturated rings. The Labute approximate surface area is 168 Å². The summed E-state index contributed by atoms with van der Waals surface area (Å²) >= 11 is 0. The van der Waals surface area contributed by atoms with Crippen LogP contribution < -0.4 is 0 Å². The quantitative estimate of drug-likeness (QED) is 0.320. The van der Waals surface area contributed by atoms with E-state index in [0.29, 0.717) is 17.4 Å². The van der Waals surface area contributed by atoms with Crippen molar-refractivity contribution in [2.45, 2.75) is 19.8 Å². The highest BCUT2D eigenvalue weighted by Gasteiger charge is 2.66.